The molecule has 0 spiro atoms. The third-order valence-corrected chi connectivity index (χ3v) is 2.13. The molecule has 0 aliphatic carbocycles. The molecule has 1 atom stereocenters. The minimum Gasteiger partial charge on any atom is -0.425 e. The predicted molar refractivity (Wildman–Crippen MR) is 55.7 cm³/mol. The van der Waals surface area contributed by atoms with Gasteiger partial charge in [0.25, 0.3) is 0 Å². The Morgan fingerprint density at radius 1 is 1.31 bits per heavy atom. The van der Waals surface area contributed by atoms with Gasteiger partial charge in [0.2, 0.25) is 0 Å². The number of carbonyl (C=O) groups excluding carboxylic acids is 1. The highest BCUT2D eigenvalue weighted by atomic mass is 32.2. The SMILES string of the molecule is CC(OS(N)(=O)=O)C(=O)Oc1ccccc1. The van der Waals surface area contributed by atoms with Crippen molar-refractivity contribution in [2.24, 2.45) is 5.14 Å². The quantitative estimate of drug-likeness (QED) is 0.604. The van der Waals surface area contributed by atoms with E-state index in [2.05, 4.69) is 9.32 Å². The predicted octanol–water partition coefficient (Wildman–Crippen LogP) is 0.201. The third-order valence-electron chi connectivity index (χ3n) is 1.57. The molecule has 0 aromatic heterocycles. The summed E-state index contributed by atoms with van der Waals surface area (Å²) in [5, 5.41) is 4.61. The average molecular weight is 245 g/mol. The lowest BCUT2D eigenvalue weighted by Gasteiger charge is -2.09. The molecule has 7 heteroatoms. The molecule has 1 aromatic carbocycles. The Morgan fingerprint density at radius 3 is 2.38 bits per heavy atom. The van der Waals surface area contributed by atoms with E-state index >= 15 is 0 Å². The zero-order chi connectivity index (χ0) is 12.2. The van der Waals surface area contributed by atoms with Crippen LogP contribution in [0.5, 0.6) is 5.75 Å². The van der Waals surface area contributed by atoms with Crippen LogP contribution in [0.2, 0.25) is 0 Å². The Labute approximate surface area is 93.2 Å². The Bertz CT molecular complexity index is 456. The van der Waals surface area contributed by atoms with E-state index in [4.69, 9.17) is 4.74 Å². The second-order valence-corrected chi connectivity index (χ2v) is 4.14. The van der Waals surface area contributed by atoms with Crippen LogP contribution in [-0.4, -0.2) is 20.5 Å². The molecule has 16 heavy (non-hydrogen) atoms. The van der Waals surface area contributed by atoms with E-state index in [1.807, 2.05) is 0 Å². The van der Waals surface area contributed by atoms with Gasteiger partial charge >= 0.3 is 16.3 Å². The lowest BCUT2D eigenvalue weighted by molar-refractivity contribution is -0.141. The summed E-state index contributed by atoms with van der Waals surface area (Å²) in [5.41, 5.74) is 0. The zero-order valence-corrected chi connectivity index (χ0v) is 9.31. The summed E-state index contributed by atoms with van der Waals surface area (Å²) in [4.78, 5) is 11.3. The largest absolute Gasteiger partial charge is 0.425 e. The smallest absolute Gasteiger partial charge is 0.341 e. The molecular weight excluding hydrogens is 234 g/mol. The van der Waals surface area contributed by atoms with Gasteiger partial charge in [-0.15, -0.1) is 0 Å². The zero-order valence-electron chi connectivity index (χ0n) is 8.49. The van der Waals surface area contributed by atoms with Crippen molar-refractivity contribution in [1.29, 1.82) is 0 Å². The Morgan fingerprint density at radius 2 is 1.88 bits per heavy atom. The molecule has 0 heterocycles. The fourth-order valence-corrected chi connectivity index (χ4v) is 1.41. The van der Waals surface area contributed by atoms with Crippen LogP contribution >= 0.6 is 0 Å². The Hall–Kier alpha value is -1.44. The number of carbonyl (C=O) groups is 1. The monoisotopic (exact) mass is 245 g/mol. The first-order chi connectivity index (χ1) is 7.38. The lowest BCUT2D eigenvalue weighted by atomic mass is 10.3. The topological polar surface area (TPSA) is 95.7 Å². The van der Waals surface area contributed by atoms with Crippen LogP contribution in [0.1, 0.15) is 6.92 Å². The van der Waals surface area contributed by atoms with E-state index in [1.54, 1.807) is 30.3 Å². The molecule has 0 radical (unpaired) electrons. The summed E-state index contributed by atoms with van der Waals surface area (Å²) in [5.74, 6) is -0.530. The first-order valence-corrected chi connectivity index (χ1v) is 5.83. The molecule has 6 nitrogen and oxygen atoms in total. The molecule has 0 bridgehead atoms. The summed E-state index contributed by atoms with van der Waals surface area (Å²) in [6.07, 6.45) is -1.28. The van der Waals surface area contributed by atoms with E-state index in [-0.39, 0.29) is 0 Å². The molecule has 0 aliphatic heterocycles. The fraction of sp³-hybridized carbons (Fsp3) is 0.222. The molecule has 0 saturated heterocycles. The number of benzene rings is 1. The van der Waals surface area contributed by atoms with E-state index in [9.17, 15) is 13.2 Å². The number of para-hydroxylation sites is 1. The summed E-state index contributed by atoms with van der Waals surface area (Å²) >= 11 is 0. The van der Waals surface area contributed by atoms with Crippen molar-refractivity contribution in [3.05, 3.63) is 30.3 Å². The van der Waals surface area contributed by atoms with Gasteiger partial charge in [-0.2, -0.15) is 8.42 Å². The first-order valence-electron chi connectivity index (χ1n) is 4.36. The summed E-state index contributed by atoms with van der Waals surface area (Å²) in [6.45, 7) is 1.23. The third kappa shape index (κ3) is 4.39. The van der Waals surface area contributed by atoms with Crippen LogP contribution in [0.15, 0.2) is 30.3 Å². The maximum atomic E-state index is 11.3. The van der Waals surface area contributed by atoms with Gasteiger partial charge in [0.1, 0.15) is 5.75 Å². The standard InChI is InChI=1S/C9H11NO5S/c1-7(15-16(10,12)13)9(11)14-8-5-3-2-4-6-8/h2-7H,1H3,(H2,10,12,13). The molecule has 1 unspecified atom stereocenters. The number of hydrogen-bond acceptors (Lipinski definition) is 5. The van der Waals surface area contributed by atoms with Crippen LogP contribution in [0, 0.1) is 0 Å². The second kappa shape index (κ2) is 5.06. The van der Waals surface area contributed by atoms with Crippen LogP contribution in [-0.2, 0) is 19.3 Å². The molecule has 0 fully saturated rings. The van der Waals surface area contributed by atoms with Gasteiger partial charge in [0, 0.05) is 0 Å². The normalized spacial score (nSPS) is 13.1. The van der Waals surface area contributed by atoms with Crippen molar-refractivity contribution in [1.82, 2.24) is 0 Å². The van der Waals surface area contributed by atoms with Crippen molar-refractivity contribution in [2.45, 2.75) is 13.0 Å². The maximum Gasteiger partial charge on any atom is 0.341 e. The van der Waals surface area contributed by atoms with Crippen LogP contribution < -0.4 is 9.88 Å². The average Bonchev–Trinajstić information content (AvgIpc) is 2.16. The Kier molecular flexibility index (Phi) is 3.99. The van der Waals surface area contributed by atoms with Crippen LogP contribution in [0.4, 0.5) is 0 Å². The number of nitrogens with two attached hydrogens (primary N) is 1. The molecule has 2 N–H and O–H groups in total. The van der Waals surface area contributed by atoms with Gasteiger partial charge in [-0.25, -0.2) is 14.1 Å². The summed E-state index contributed by atoms with van der Waals surface area (Å²) in [6, 6.07) is 8.21. The van der Waals surface area contributed by atoms with Crippen LogP contribution in [0.25, 0.3) is 0 Å². The van der Waals surface area contributed by atoms with Gasteiger partial charge in [-0.1, -0.05) is 18.2 Å². The fourth-order valence-electron chi connectivity index (χ4n) is 0.928. The lowest BCUT2D eigenvalue weighted by Crippen LogP contribution is -2.31. The van der Waals surface area contributed by atoms with Crippen molar-refractivity contribution in [2.75, 3.05) is 0 Å². The van der Waals surface area contributed by atoms with E-state index in [0.29, 0.717) is 5.75 Å². The molecule has 1 aromatic rings. The first kappa shape index (κ1) is 12.6. The van der Waals surface area contributed by atoms with Gasteiger partial charge in [0.15, 0.2) is 6.10 Å². The minimum atomic E-state index is -4.16. The van der Waals surface area contributed by atoms with Gasteiger partial charge in [-0.3, -0.25) is 0 Å². The number of esters is 1. The van der Waals surface area contributed by atoms with E-state index in [1.165, 1.54) is 6.92 Å². The van der Waals surface area contributed by atoms with Crippen molar-refractivity contribution >= 4 is 16.3 Å². The summed E-state index contributed by atoms with van der Waals surface area (Å²) < 4.78 is 30.2. The molecule has 88 valence electrons. The van der Waals surface area contributed by atoms with Crippen molar-refractivity contribution in [3.8, 4) is 5.75 Å². The Balaban J connectivity index is 2.60. The molecule has 0 saturated carbocycles. The maximum absolute atomic E-state index is 11.3. The molecular formula is C9H11NO5S. The highest BCUT2D eigenvalue weighted by molar-refractivity contribution is 7.84. The second-order valence-electron chi connectivity index (χ2n) is 2.97. The number of ether oxygens (including phenoxy) is 1. The van der Waals surface area contributed by atoms with E-state index < -0.39 is 22.4 Å². The van der Waals surface area contributed by atoms with Crippen molar-refractivity contribution in [3.63, 3.8) is 0 Å². The molecule has 0 amide bonds. The highest BCUT2D eigenvalue weighted by Gasteiger charge is 2.20. The van der Waals surface area contributed by atoms with Gasteiger partial charge in [-0.05, 0) is 19.1 Å². The minimum absolute atomic E-state index is 0.303. The van der Waals surface area contributed by atoms with E-state index in [0.717, 1.165) is 0 Å². The van der Waals surface area contributed by atoms with Gasteiger partial charge in [0.05, 0.1) is 0 Å². The van der Waals surface area contributed by atoms with Crippen LogP contribution in [0.3, 0.4) is 0 Å². The van der Waals surface area contributed by atoms with Crippen molar-refractivity contribution < 1.29 is 22.1 Å². The summed E-state index contributed by atoms with van der Waals surface area (Å²) in [7, 11) is -4.16. The molecule has 0 aliphatic rings. The number of rotatable bonds is 4. The van der Waals surface area contributed by atoms with Gasteiger partial charge < -0.3 is 4.74 Å². The number of hydrogen-bond donors (Lipinski definition) is 1. The highest BCUT2D eigenvalue weighted by Crippen LogP contribution is 2.10. The molecule has 1 rings (SSSR count).